The minimum absolute atomic E-state index is 0.263. The van der Waals surface area contributed by atoms with Gasteiger partial charge in [0.2, 0.25) is 0 Å². The lowest BCUT2D eigenvalue weighted by Crippen LogP contribution is -2.13. The van der Waals surface area contributed by atoms with Gasteiger partial charge in [-0.3, -0.25) is 0 Å². The van der Waals surface area contributed by atoms with E-state index in [2.05, 4.69) is 35.1 Å². The van der Waals surface area contributed by atoms with Crippen molar-refractivity contribution in [2.24, 2.45) is 5.92 Å². The Bertz CT molecular complexity index is 349. The summed E-state index contributed by atoms with van der Waals surface area (Å²) in [6.45, 7) is 5.76. The molecule has 1 aromatic carbocycles. The van der Waals surface area contributed by atoms with E-state index < -0.39 is 11.6 Å². The molecule has 0 unspecified atom stereocenters. The molecule has 0 radical (unpaired) electrons. The first-order valence-corrected chi connectivity index (χ1v) is 6.26. The molecule has 2 nitrogen and oxygen atoms in total. The lowest BCUT2D eigenvalue weighted by molar-refractivity contribution is 0.118. The Hall–Kier alpha value is -0.680. The van der Waals surface area contributed by atoms with Gasteiger partial charge in [0.1, 0.15) is 11.6 Å². The van der Waals surface area contributed by atoms with Crippen molar-refractivity contribution in [1.82, 2.24) is 0 Å². The Morgan fingerprint density at radius 1 is 1.35 bits per heavy atom. The standard InChI is InChI=1S/C12H16BrF2NO/c1-8(2)7-17-4-3-16-12-10(13)5-9(14)6-11(12)15/h5-6,8,16H,3-4,7H2,1-2H3. The third-order valence-electron chi connectivity index (χ3n) is 2.01. The maximum atomic E-state index is 13.4. The number of hydrogen-bond acceptors (Lipinski definition) is 2. The summed E-state index contributed by atoms with van der Waals surface area (Å²) in [5.41, 5.74) is 0.263. The average molecular weight is 308 g/mol. The Morgan fingerprint density at radius 3 is 2.65 bits per heavy atom. The molecule has 0 fully saturated rings. The first kappa shape index (κ1) is 14.4. The lowest BCUT2D eigenvalue weighted by atomic mass is 10.2. The molecule has 0 aliphatic rings. The summed E-state index contributed by atoms with van der Waals surface area (Å²) >= 11 is 3.11. The summed E-state index contributed by atoms with van der Waals surface area (Å²) in [6.07, 6.45) is 0. The zero-order valence-corrected chi connectivity index (χ0v) is 11.5. The second-order valence-corrected chi connectivity index (χ2v) is 4.99. The number of rotatable bonds is 6. The first-order chi connectivity index (χ1) is 8.00. The van der Waals surface area contributed by atoms with Gasteiger partial charge in [-0.1, -0.05) is 13.8 Å². The highest BCUT2D eigenvalue weighted by atomic mass is 79.9. The smallest absolute Gasteiger partial charge is 0.150 e. The Morgan fingerprint density at radius 2 is 2.06 bits per heavy atom. The Balaban J connectivity index is 2.42. The minimum Gasteiger partial charge on any atom is -0.379 e. The number of benzene rings is 1. The normalized spacial score (nSPS) is 10.9. The fraction of sp³-hybridized carbons (Fsp3) is 0.500. The van der Waals surface area contributed by atoms with Crippen LogP contribution in [-0.4, -0.2) is 19.8 Å². The van der Waals surface area contributed by atoms with Gasteiger partial charge < -0.3 is 10.1 Å². The lowest BCUT2D eigenvalue weighted by Gasteiger charge is -2.11. The second kappa shape index (κ2) is 6.91. The van der Waals surface area contributed by atoms with E-state index in [0.29, 0.717) is 30.1 Å². The molecule has 0 aliphatic heterocycles. The van der Waals surface area contributed by atoms with Gasteiger partial charge in [-0.15, -0.1) is 0 Å². The third-order valence-corrected chi connectivity index (χ3v) is 2.63. The zero-order chi connectivity index (χ0) is 12.8. The second-order valence-electron chi connectivity index (χ2n) is 4.14. The quantitative estimate of drug-likeness (QED) is 0.807. The molecule has 0 spiro atoms. The SMILES string of the molecule is CC(C)COCCNc1c(F)cc(F)cc1Br. The molecule has 5 heteroatoms. The molecule has 17 heavy (non-hydrogen) atoms. The maximum absolute atomic E-state index is 13.4. The Kier molecular flexibility index (Phi) is 5.85. The van der Waals surface area contributed by atoms with Gasteiger partial charge in [-0.05, 0) is 27.9 Å². The molecule has 1 aromatic rings. The van der Waals surface area contributed by atoms with E-state index in [0.717, 1.165) is 6.07 Å². The molecular formula is C12H16BrF2NO. The van der Waals surface area contributed by atoms with Gasteiger partial charge in [-0.25, -0.2) is 8.78 Å². The van der Waals surface area contributed by atoms with Crippen molar-refractivity contribution >= 4 is 21.6 Å². The molecule has 0 aromatic heterocycles. The first-order valence-electron chi connectivity index (χ1n) is 5.47. The molecule has 1 N–H and O–H groups in total. The highest BCUT2D eigenvalue weighted by Crippen LogP contribution is 2.26. The van der Waals surface area contributed by atoms with Crippen LogP contribution in [0.5, 0.6) is 0 Å². The van der Waals surface area contributed by atoms with Crippen LogP contribution in [0, 0.1) is 17.6 Å². The molecule has 1 rings (SSSR count). The van der Waals surface area contributed by atoms with Gasteiger partial charge in [0.25, 0.3) is 0 Å². The predicted octanol–water partition coefficient (Wildman–Crippen LogP) is 3.81. The number of hydrogen-bond donors (Lipinski definition) is 1. The van der Waals surface area contributed by atoms with Crippen molar-refractivity contribution in [3.8, 4) is 0 Å². The third kappa shape index (κ3) is 5.00. The van der Waals surface area contributed by atoms with Crippen molar-refractivity contribution in [1.29, 1.82) is 0 Å². The fourth-order valence-electron chi connectivity index (χ4n) is 1.28. The summed E-state index contributed by atoms with van der Waals surface area (Å²) in [4.78, 5) is 0. The molecule has 0 bridgehead atoms. The van der Waals surface area contributed by atoms with E-state index in [9.17, 15) is 8.78 Å². The van der Waals surface area contributed by atoms with Crippen molar-refractivity contribution in [2.75, 3.05) is 25.1 Å². The molecule has 96 valence electrons. The van der Waals surface area contributed by atoms with Gasteiger partial charge >= 0.3 is 0 Å². The number of nitrogens with one attached hydrogen (secondary N) is 1. The van der Waals surface area contributed by atoms with Gasteiger partial charge in [0.15, 0.2) is 0 Å². The van der Waals surface area contributed by atoms with Crippen LogP contribution in [0.2, 0.25) is 0 Å². The van der Waals surface area contributed by atoms with Gasteiger partial charge in [0, 0.05) is 23.7 Å². The monoisotopic (exact) mass is 307 g/mol. The zero-order valence-electron chi connectivity index (χ0n) is 9.90. The number of halogens is 3. The van der Waals surface area contributed by atoms with Crippen LogP contribution in [0.25, 0.3) is 0 Å². The van der Waals surface area contributed by atoms with Gasteiger partial charge in [-0.2, -0.15) is 0 Å². The maximum Gasteiger partial charge on any atom is 0.150 e. The van der Waals surface area contributed by atoms with E-state index >= 15 is 0 Å². The molecule has 0 aliphatic carbocycles. The van der Waals surface area contributed by atoms with Crippen LogP contribution in [0.15, 0.2) is 16.6 Å². The van der Waals surface area contributed by atoms with E-state index in [1.54, 1.807) is 0 Å². The highest BCUT2D eigenvalue weighted by molar-refractivity contribution is 9.10. The summed E-state index contributed by atoms with van der Waals surface area (Å²) in [7, 11) is 0. The molecule has 0 amide bonds. The number of ether oxygens (including phenoxy) is 1. The fourth-order valence-corrected chi connectivity index (χ4v) is 1.83. The largest absolute Gasteiger partial charge is 0.379 e. The van der Waals surface area contributed by atoms with Crippen LogP contribution in [0.1, 0.15) is 13.8 Å². The van der Waals surface area contributed by atoms with Gasteiger partial charge in [0.05, 0.1) is 12.3 Å². The van der Waals surface area contributed by atoms with E-state index in [1.807, 2.05) is 0 Å². The van der Waals surface area contributed by atoms with E-state index in [1.165, 1.54) is 6.07 Å². The van der Waals surface area contributed by atoms with Crippen LogP contribution in [0.4, 0.5) is 14.5 Å². The van der Waals surface area contributed by atoms with Crippen LogP contribution < -0.4 is 5.32 Å². The molecule has 0 atom stereocenters. The Labute approximate surface area is 108 Å². The summed E-state index contributed by atoms with van der Waals surface area (Å²) in [6, 6.07) is 2.07. The van der Waals surface area contributed by atoms with Crippen molar-refractivity contribution < 1.29 is 13.5 Å². The van der Waals surface area contributed by atoms with Crippen molar-refractivity contribution in [3.63, 3.8) is 0 Å². The summed E-state index contributed by atoms with van der Waals surface area (Å²) in [5.74, 6) is -0.735. The highest BCUT2D eigenvalue weighted by Gasteiger charge is 2.08. The molecule has 0 saturated heterocycles. The molecule has 0 heterocycles. The van der Waals surface area contributed by atoms with Crippen LogP contribution in [0.3, 0.4) is 0 Å². The summed E-state index contributed by atoms with van der Waals surface area (Å²) < 4.78 is 31.9. The average Bonchev–Trinajstić information content (AvgIpc) is 2.20. The van der Waals surface area contributed by atoms with Crippen LogP contribution >= 0.6 is 15.9 Å². The predicted molar refractivity (Wildman–Crippen MR) is 68.2 cm³/mol. The topological polar surface area (TPSA) is 21.3 Å². The van der Waals surface area contributed by atoms with E-state index in [-0.39, 0.29) is 5.69 Å². The minimum atomic E-state index is -0.610. The van der Waals surface area contributed by atoms with Crippen LogP contribution in [-0.2, 0) is 4.74 Å². The number of anilines is 1. The van der Waals surface area contributed by atoms with Crippen molar-refractivity contribution in [3.05, 3.63) is 28.2 Å². The van der Waals surface area contributed by atoms with E-state index in [4.69, 9.17) is 4.74 Å². The van der Waals surface area contributed by atoms with Crippen molar-refractivity contribution in [2.45, 2.75) is 13.8 Å². The summed E-state index contributed by atoms with van der Waals surface area (Å²) in [5, 5.41) is 2.87. The molecular weight excluding hydrogens is 292 g/mol. The molecule has 0 saturated carbocycles.